The van der Waals surface area contributed by atoms with Crippen LogP contribution in [0.3, 0.4) is 0 Å². The fourth-order valence-electron chi connectivity index (χ4n) is 3.45. The number of hydrogen-bond acceptors (Lipinski definition) is 6. The predicted octanol–water partition coefficient (Wildman–Crippen LogP) is 5.09. The van der Waals surface area contributed by atoms with Crippen molar-refractivity contribution in [3.8, 4) is 118 Å². The molecule has 8 nitrogen and oxygen atoms in total. The van der Waals surface area contributed by atoms with Gasteiger partial charge < -0.3 is 19.3 Å². The molecule has 0 bridgehead atoms. The van der Waals surface area contributed by atoms with Crippen molar-refractivity contribution in [2.24, 2.45) is 0 Å². The van der Waals surface area contributed by atoms with E-state index in [0.717, 1.165) is 24.2 Å². The molecule has 0 saturated carbocycles. The van der Waals surface area contributed by atoms with E-state index in [2.05, 4.69) is 106 Å². The number of benzene rings is 2. The first kappa shape index (κ1) is 34.8. The molecule has 2 heterocycles. The highest BCUT2D eigenvalue weighted by Gasteiger charge is 2.17. The SMILES string of the molecule is C#CC#CC#CC#CC#CC#CC#CC#CC#CC.O=[N+]([O-])O.O=c1cc(N2CCOCC2)oc2c(-c3ccccc3)cccc12.[HH].[HH].[HH].[HH].[HH].[HH]. The van der Waals surface area contributed by atoms with Gasteiger partial charge in [0, 0.05) is 33.3 Å². The van der Waals surface area contributed by atoms with E-state index < -0.39 is 5.09 Å². The van der Waals surface area contributed by atoms with Crippen LogP contribution in [-0.2, 0) is 4.74 Å². The molecule has 0 amide bonds. The molecule has 0 atom stereocenters. The van der Waals surface area contributed by atoms with Crippen LogP contribution < -0.4 is 10.3 Å². The zero-order chi connectivity index (χ0) is 33.2. The summed E-state index contributed by atoms with van der Waals surface area (Å²) in [6.07, 6.45) is 4.89. The van der Waals surface area contributed by atoms with Crippen molar-refractivity contribution in [3.05, 3.63) is 74.9 Å². The lowest BCUT2D eigenvalue weighted by molar-refractivity contribution is -0.742. The summed E-state index contributed by atoms with van der Waals surface area (Å²) in [6, 6.07) is 17.3. The van der Waals surface area contributed by atoms with Crippen molar-refractivity contribution in [3.63, 3.8) is 0 Å². The van der Waals surface area contributed by atoms with Gasteiger partial charge in [0.15, 0.2) is 11.3 Å². The van der Waals surface area contributed by atoms with Gasteiger partial charge in [-0.3, -0.25) is 4.79 Å². The van der Waals surface area contributed by atoms with Gasteiger partial charge in [0.2, 0.25) is 0 Å². The fraction of sp³-hybridized carbons (Fsp3) is 0.132. The van der Waals surface area contributed by atoms with Gasteiger partial charge in [-0.15, -0.1) is 16.5 Å². The van der Waals surface area contributed by atoms with E-state index in [1.165, 1.54) is 0 Å². The molecule has 8 heteroatoms. The number of para-hydroxylation sites is 1. The Balaban J connectivity index is -0.000000236. The average Bonchev–Trinajstić information content (AvgIpc) is 3.07. The number of morpholine rings is 1. The Hall–Kier alpha value is -7.35. The van der Waals surface area contributed by atoms with Crippen molar-refractivity contribution in [2.75, 3.05) is 31.2 Å². The summed E-state index contributed by atoms with van der Waals surface area (Å²) in [5.74, 6) is 42.5. The first-order valence-electron chi connectivity index (χ1n) is 13.1. The highest BCUT2D eigenvalue weighted by atomic mass is 16.9. The molecule has 4 rings (SSSR count). The molecular formula is C38H34N2O6. The van der Waals surface area contributed by atoms with Crippen LogP contribution in [0.2, 0.25) is 0 Å². The Morgan fingerprint density at radius 1 is 0.804 bits per heavy atom. The Morgan fingerprint density at radius 2 is 1.30 bits per heavy atom. The van der Waals surface area contributed by atoms with Gasteiger partial charge in [-0.2, -0.15) is 0 Å². The molecule has 1 fully saturated rings. The van der Waals surface area contributed by atoms with Gasteiger partial charge in [0.05, 0.1) is 18.6 Å². The van der Waals surface area contributed by atoms with E-state index >= 15 is 0 Å². The zero-order valence-electron chi connectivity index (χ0n) is 24.5. The molecule has 3 aromatic rings. The van der Waals surface area contributed by atoms with Crippen LogP contribution in [0.15, 0.2) is 63.8 Å². The summed E-state index contributed by atoms with van der Waals surface area (Å²) in [4.78, 5) is 22.9. The first-order chi connectivity index (χ1) is 22.5. The lowest BCUT2D eigenvalue weighted by atomic mass is 10.0. The third-order valence-electron chi connectivity index (χ3n) is 5.22. The van der Waals surface area contributed by atoms with Crippen molar-refractivity contribution in [2.45, 2.75) is 6.92 Å². The lowest BCUT2D eigenvalue weighted by Crippen LogP contribution is -2.36. The van der Waals surface area contributed by atoms with Gasteiger partial charge in [0.1, 0.15) is 5.58 Å². The predicted molar refractivity (Wildman–Crippen MR) is 189 cm³/mol. The van der Waals surface area contributed by atoms with E-state index in [1.54, 1.807) is 13.0 Å². The van der Waals surface area contributed by atoms with Crippen molar-refractivity contribution < 1.29 is 28.0 Å². The number of nitrogens with zero attached hydrogens (tertiary/aromatic N) is 2. The van der Waals surface area contributed by atoms with E-state index in [0.29, 0.717) is 30.1 Å². The van der Waals surface area contributed by atoms with Crippen LogP contribution in [-0.4, -0.2) is 36.6 Å². The minimum absolute atomic E-state index is 0. The van der Waals surface area contributed by atoms with Crippen LogP contribution >= 0.6 is 0 Å². The number of fused-ring (bicyclic) bond motifs is 1. The maximum atomic E-state index is 12.5. The third-order valence-corrected chi connectivity index (χ3v) is 5.22. The Bertz CT molecular complexity index is 2190. The molecular weight excluding hydrogens is 580 g/mol. The fourth-order valence-corrected chi connectivity index (χ4v) is 3.45. The van der Waals surface area contributed by atoms with Crippen molar-refractivity contribution in [1.29, 1.82) is 0 Å². The number of hydrogen-bond donors (Lipinski definition) is 1. The van der Waals surface area contributed by atoms with Gasteiger partial charge in [-0.25, -0.2) is 0 Å². The smallest absolute Gasteiger partial charge is 0.291 e. The molecule has 1 aliphatic rings. The Morgan fingerprint density at radius 3 is 1.80 bits per heavy atom. The standard InChI is InChI=1S/C19H17NO3.C19H4.HNO3.6H2/c21-17-13-18(20-9-11-22-12-10-20)23-19-15(7-4-8-16(17)19)14-5-2-1-3-6-14;1-3-5-7-9-11-13-15-17-19-18-16-14-12-10-8-6-4-2;2-1(3)4;;;;;;/h1-8,13H,9-12H2;1H,2H3;(H,2,3,4);6*1H. The van der Waals surface area contributed by atoms with Crippen LogP contribution in [0, 0.1) is 117 Å². The van der Waals surface area contributed by atoms with Crippen molar-refractivity contribution in [1.82, 2.24) is 0 Å². The quantitative estimate of drug-likeness (QED) is 0.244. The van der Waals surface area contributed by atoms with Crippen LogP contribution in [0.4, 0.5) is 5.88 Å². The topological polar surface area (TPSA) is 106 Å². The molecule has 1 saturated heterocycles. The van der Waals surface area contributed by atoms with Gasteiger partial charge >= 0.3 is 0 Å². The Kier molecular flexibility index (Phi) is 16.2. The molecule has 46 heavy (non-hydrogen) atoms. The van der Waals surface area contributed by atoms with E-state index in [-0.39, 0.29) is 14.0 Å². The highest BCUT2D eigenvalue weighted by Crippen LogP contribution is 2.30. The number of rotatable bonds is 2. The second kappa shape index (κ2) is 21.4. The average molecular weight is 615 g/mol. The number of ether oxygens (including phenoxy) is 1. The summed E-state index contributed by atoms with van der Waals surface area (Å²) in [5, 5.41) is 14.3. The highest BCUT2D eigenvalue weighted by molar-refractivity contribution is 5.92. The second-order valence-electron chi connectivity index (χ2n) is 8.10. The van der Waals surface area contributed by atoms with E-state index in [4.69, 9.17) is 30.9 Å². The van der Waals surface area contributed by atoms with Gasteiger partial charge in [-0.1, -0.05) is 48.4 Å². The zero-order valence-corrected chi connectivity index (χ0v) is 24.5. The second-order valence-corrected chi connectivity index (χ2v) is 8.10. The van der Waals surface area contributed by atoms with Gasteiger partial charge in [-0.05, 0) is 113 Å². The summed E-state index contributed by atoms with van der Waals surface area (Å²) >= 11 is 0. The molecule has 1 N–H and O–H groups in total. The minimum atomic E-state index is -1.50. The van der Waals surface area contributed by atoms with Crippen molar-refractivity contribution >= 4 is 16.9 Å². The maximum absolute atomic E-state index is 12.5. The maximum Gasteiger partial charge on any atom is 0.291 e. The third kappa shape index (κ3) is 13.5. The summed E-state index contributed by atoms with van der Waals surface area (Å²) in [5.41, 5.74) is 2.62. The van der Waals surface area contributed by atoms with Crippen LogP contribution in [0.1, 0.15) is 15.5 Å². The summed E-state index contributed by atoms with van der Waals surface area (Å²) in [6.45, 7) is 4.48. The minimum Gasteiger partial charge on any atom is -0.440 e. The molecule has 0 aliphatic carbocycles. The number of anilines is 1. The molecule has 2 aromatic carbocycles. The first-order valence-corrected chi connectivity index (χ1v) is 13.1. The number of terminal acetylenes is 1. The molecule has 0 radical (unpaired) electrons. The normalized spacial score (nSPS) is 9.61. The summed E-state index contributed by atoms with van der Waals surface area (Å²) < 4.78 is 11.5. The van der Waals surface area contributed by atoms with Crippen LogP contribution in [0.25, 0.3) is 22.1 Å². The van der Waals surface area contributed by atoms with E-state index in [1.807, 2.05) is 48.5 Å². The molecule has 1 aliphatic heterocycles. The summed E-state index contributed by atoms with van der Waals surface area (Å²) in [7, 11) is 0. The van der Waals surface area contributed by atoms with E-state index in [9.17, 15) is 4.79 Å². The van der Waals surface area contributed by atoms with Gasteiger partial charge in [0.25, 0.3) is 5.09 Å². The Labute approximate surface area is 276 Å². The lowest BCUT2D eigenvalue weighted by Gasteiger charge is -2.27. The van der Waals surface area contributed by atoms with Crippen LogP contribution in [0.5, 0.6) is 0 Å². The molecule has 1 aromatic heterocycles. The molecule has 0 spiro atoms. The monoisotopic (exact) mass is 614 g/mol. The largest absolute Gasteiger partial charge is 0.440 e. The molecule has 232 valence electrons. The molecule has 0 unspecified atom stereocenters.